The SMILES string of the molecule is COc1ccc(NC(=O)Cn2c3c(sc2=O)C(c2cccs2)C2C(=O)N(C(N)=O)C(=O)C2S3)cc1. The van der Waals surface area contributed by atoms with Crippen molar-refractivity contribution in [1.29, 1.82) is 0 Å². The molecule has 0 saturated carbocycles. The molecule has 1 saturated heterocycles. The number of ether oxygens (including phenoxy) is 1. The van der Waals surface area contributed by atoms with Crippen LogP contribution in [0, 0.1) is 5.92 Å². The van der Waals surface area contributed by atoms with Gasteiger partial charge in [-0.05, 0) is 35.7 Å². The van der Waals surface area contributed by atoms with Gasteiger partial charge in [0.2, 0.25) is 11.8 Å². The van der Waals surface area contributed by atoms with Gasteiger partial charge in [0.05, 0.1) is 18.1 Å². The quantitative estimate of drug-likeness (QED) is 0.482. The molecular formula is C22H18N4O6S3. The molecule has 1 aromatic carbocycles. The van der Waals surface area contributed by atoms with Gasteiger partial charge in [0.25, 0.3) is 5.91 Å². The molecule has 3 N–H and O–H groups in total. The maximum Gasteiger partial charge on any atom is 0.328 e. The van der Waals surface area contributed by atoms with Crippen LogP contribution < -0.4 is 20.7 Å². The minimum atomic E-state index is -1.13. The lowest BCUT2D eigenvalue weighted by atomic mass is 9.87. The highest BCUT2D eigenvalue weighted by molar-refractivity contribution is 8.00. The van der Waals surface area contributed by atoms with Gasteiger partial charge in [-0.1, -0.05) is 29.2 Å². The first-order valence-corrected chi connectivity index (χ1v) is 12.9. The van der Waals surface area contributed by atoms with Crippen LogP contribution in [-0.2, 0) is 20.9 Å². The number of carbonyl (C=O) groups excluding carboxylic acids is 4. The number of rotatable bonds is 5. The molecule has 2 aromatic heterocycles. The molecule has 4 heterocycles. The highest BCUT2D eigenvalue weighted by Crippen LogP contribution is 2.53. The van der Waals surface area contributed by atoms with Crippen LogP contribution in [0.5, 0.6) is 5.75 Å². The highest BCUT2D eigenvalue weighted by Gasteiger charge is 2.58. The van der Waals surface area contributed by atoms with Gasteiger partial charge in [0.15, 0.2) is 0 Å². The number of hydrogen-bond donors (Lipinski definition) is 2. The molecule has 5 rings (SSSR count). The molecule has 0 radical (unpaired) electrons. The number of fused-ring (bicyclic) bond motifs is 2. The third-order valence-electron chi connectivity index (χ3n) is 5.79. The van der Waals surface area contributed by atoms with Crippen LogP contribution in [0.3, 0.4) is 0 Å². The number of methoxy groups -OCH3 is 1. The molecule has 2 aliphatic heterocycles. The van der Waals surface area contributed by atoms with Crippen molar-refractivity contribution in [2.45, 2.75) is 22.7 Å². The number of urea groups is 1. The van der Waals surface area contributed by atoms with E-state index < -0.39 is 40.8 Å². The molecular weight excluding hydrogens is 512 g/mol. The highest BCUT2D eigenvalue weighted by atomic mass is 32.2. The molecule has 3 aromatic rings. The zero-order valence-electron chi connectivity index (χ0n) is 18.1. The van der Waals surface area contributed by atoms with Crippen LogP contribution in [0.1, 0.15) is 15.7 Å². The largest absolute Gasteiger partial charge is 0.497 e. The normalized spacial score (nSPS) is 20.9. The third-order valence-corrected chi connectivity index (χ3v) is 9.35. The summed E-state index contributed by atoms with van der Waals surface area (Å²) < 4.78 is 6.42. The zero-order valence-corrected chi connectivity index (χ0v) is 20.6. The van der Waals surface area contributed by atoms with E-state index in [0.717, 1.165) is 28.0 Å². The van der Waals surface area contributed by atoms with E-state index in [2.05, 4.69) is 5.32 Å². The van der Waals surface area contributed by atoms with Gasteiger partial charge < -0.3 is 15.8 Å². The fourth-order valence-corrected chi connectivity index (χ4v) is 7.99. The summed E-state index contributed by atoms with van der Waals surface area (Å²) >= 11 is 3.35. The van der Waals surface area contributed by atoms with E-state index in [1.165, 1.54) is 23.0 Å². The Morgan fingerprint density at radius 1 is 1.11 bits per heavy atom. The number of imide groups is 3. The minimum absolute atomic E-state index is 0.278. The molecule has 0 spiro atoms. The van der Waals surface area contributed by atoms with Crippen molar-refractivity contribution >= 4 is 63.9 Å². The zero-order chi connectivity index (χ0) is 24.9. The Morgan fingerprint density at radius 3 is 2.49 bits per heavy atom. The Morgan fingerprint density at radius 2 is 1.86 bits per heavy atom. The number of thiazole rings is 1. The Kier molecular flexibility index (Phi) is 5.99. The van der Waals surface area contributed by atoms with Crippen LogP contribution >= 0.6 is 34.4 Å². The summed E-state index contributed by atoms with van der Waals surface area (Å²) in [5, 5.41) is 4.09. The second kappa shape index (κ2) is 8.98. The number of hydrogen-bond acceptors (Lipinski definition) is 9. The number of primary amides is 1. The summed E-state index contributed by atoms with van der Waals surface area (Å²) in [5.74, 6) is -2.64. The molecule has 10 nitrogen and oxygen atoms in total. The fraction of sp³-hybridized carbons (Fsp3) is 0.227. The second-order valence-corrected chi connectivity index (χ2v) is 10.9. The predicted molar refractivity (Wildman–Crippen MR) is 131 cm³/mol. The summed E-state index contributed by atoms with van der Waals surface area (Å²) in [6.45, 7) is -0.278. The number of anilines is 1. The minimum Gasteiger partial charge on any atom is -0.497 e. The standard InChI is InChI=1S/C22H18N4O6S3/c1-32-11-6-4-10(5-7-11)24-13(27)9-25-20-17(35-22(25)31)14(12-3-2-8-33-12)15-16(34-20)19(29)26(18(15)28)21(23)30/h2-8,14-16H,9H2,1H3,(H2,23,30)(H,24,27). The molecule has 35 heavy (non-hydrogen) atoms. The molecule has 5 amide bonds. The van der Waals surface area contributed by atoms with Gasteiger partial charge >= 0.3 is 10.9 Å². The number of amides is 5. The van der Waals surface area contributed by atoms with Gasteiger partial charge in [0.1, 0.15) is 17.5 Å². The predicted octanol–water partition coefficient (Wildman–Crippen LogP) is 2.29. The van der Waals surface area contributed by atoms with Crippen molar-refractivity contribution < 1.29 is 23.9 Å². The lowest BCUT2D eigenvalue weighted by molar-refractivity contribution is -0.135. The van der Waals surface area contributed by atoms with E-state index in [4.69, 9.17) is 10.5 Å². The van der Waals surface area contributed by atoms with E-state index in [0.29, 0.717) is 26.2 Å². The van der Waals surface area contributed by atoms with Crippen molar-refractivity contribution in [2.75, 3.05) is 12.4 Å². The first kappa shape index (κ1) is 23.3. The van der Waals surface area contributed by atoms with Crippen LogP contribution in [-0.4, -0.2) is 45.6 Å². The average Bonchev–Trinajstić information content (AvgIpc) is 3.52. The summed E-state index contributed by atoms with van der Waals surface area (Å²) in [7, 11) is 1.54. The first-order chi connectivity index (χ1) is 16.8. The van der Waals surface area contributed by atoms with Gasteiger partial charge in [0, 0.05) is 21.4 Å². The Bertz CT molecular complexity index is 1400. The Balaban J connectivity index is 1.50. The summed E-state index contributed by atoms with van der Waals surface area (Å²) in [5.41, 5.74) is 5.85. The van der Waals surface area contributed by atoms with Crippen LogP contribution in [0.15, 0.2) is 51.6 Å². The molecule has 3 atom stereocenters. The van der Waals surface area contributed by atoms with Crippen LogP contribution in [0.2, 0.25) is 0 Å². The number of thioether (sulfide) groups is 1. The number of aromatic nitrogens is 1. The molecule has 2 aliphatic rings. The van der Waals surface area contributed by atoms with E-state index in [1.54, 1.807) is 24.3 Å². The summed E-state index contributed by atoms with van der Waals surface area (Å²) in [4.78, 5) is 65.1. The number of thiophene rings is 1. The maximum absolute atomic E-state index is 13.1. The topological polar surface area (TPSA) is 141 Å². The Labute approximate surface area is 210 Å². The van der Waals surface area contributed by atoms with Crippen molar-refractivity contribution in [3.8, 4) is 5.75 Å². The van der Waals surface area contributed by atoms with Gasteiger partial charge in [-0.3, -0.25) is 23.7 Å². The smallest absolute Gasteiger partial charge is 0.328 e. The average molecular weight is 531 g/mol. The molecule has 1 fully saturated rings. The Hall–Kier alpha value is -3.42. The van der Waals surface area contributed by atoms with Gasteiger partial charge in [-0.25, -0.2) is 4.79 Å². The van der Waals surface area contributed by atoms with Gasteiger partial charge in [-0.2, -0.15) is 4.90 Å². The van der Waals surface area contributed by atoms with E-state index in [9.17, 15) is 24.0 Å². The molecule has 3 unspecified atom stereocenters. The number of nitrogens with one attached hydrogen (secondary N) is 1. The van der Waals surface area contributed by atoms with E-state index >= 15 is 0 Å². The van der Waals surface area contributed by atoms with E-state index in [-0.39, 0.29) is 11.4 Å². The molecule has 180 valence electrons. The summed E-state index contributed by atoms with van der Waals surface area (Å²) in [6, 6.07) is 9.25. The summed E-state index contributed by atoms with van der Waals surface area (Å²) in [6.07, 6.45) is 0. The van der Waals surface area contributed by atoms with E-state index in [1.807, 2.05) is 17.5 Å². The second-order valence-electron chi connectivity index (χ2n) is 7.81. The number of benzene rings is 1. The first-order valence-electron chi connectivity index (χ1n) is 10.3. The monoisotopic (exact) mass is 530 g/mol. The van der Waals surface area contributed by atoms with Gasteiger partial charge in [-0.15, -0.1) is 11.3 Å². The number of carbonyl (C=O) groups is 4. The van der Waals surface area contributed by atoms with Crippen molar-refractivity contribution in [3.63, 3.8) is 0 Å². The number of nitrogens with two attached hydrogens (primary N) is 1. The van der Waals surface area contributed by atoms with Crippen molar-refractivity contribution in [1.82, 2.24) is 9.47 Å². The number of likely N-dealkylation sites (tertiary alicyclic amines) is 1. The molecule has 0 bridgehead atoms. The lowest BCUT2D eigenvalue weighted by Crippen LogP contribution is -2.41. The van der Waals surface area contributed by atoms with Crippen molar-refractivity contribution in [2.24, 2.45) is 11.7 Å². The lowest BCUT2D eigenvalue weighted by Gasteiger charge is -2.29. The number of nitrogens with zero attached hydrogens (tertiary/aromatic N) is 2. The molecule has 13 heteroatoms. The van der Waals surface area contributed by atoms with Crippen molar-refractivity contribution in [3.05, 3.63) is 61.2 Å². The van der Waals surface area contributed by atoms with Crippen LogP contribution in [0.4, 0.5) is 10.5 Å². The third kappa shape index (κ3) is 3.94. The molecule has 0 aliphatic carbocycles. The fourth-order valence-electron chi connectivity index (χ4n) is 4.27. The maximum atomic E-state index is 13.1. The van der Waals surface area contributed by atoms with Crippen LogP contribution in [0.25, 0.3) is 0 Å².